The fourth-order valence-corrected chi connectivity index (χ4v) is 2.57. The molecule has 2 atom stereocenters. The first kappa shape index (κ1) is 13.5. The van der Waals surface area contributed by atoms with Crippen LogP contribution in [0.5, 0.6) is 0 Å². The summed E-state index contributed by atoms with van der Waals surface area (Å²) < 4.78 is 5.49. The Morgan fingerprint density at radius 2 is 2.28 bits per heavy atom. The number of nitrogens with two attached hydrogens (primary N) is 1. The molecule has 100 valence electrons. The number of hydrogen-bond donors (Lipinski definition) is 2. The summed E-state index contributed by atoms with van der Waals surface area (Å²) in [7, 11) is 0. The Kier molecular flexibility index (Phi) is 4.72. The largest absolute Gasteiger partial charge is 0.394 e. The van der Waals surface area contributed by atoms with Gasteiger partial charge in [0.1, 0.15) is 0 Å². The summed E-state index contributed by atoms with van der Waals surface area (Å²) in [6, 6.07) is 8.55. The summed E-state index contributed by atoms with van der Waals surface area (Å²) in [6.45, 7) is 5.04. The van der Waals surface area contributed by atoms with Gasteiger partial charge in [-0.15, -0.1) is 0 Å². The van der Waals surface area contributed by atoms with Crippen LogP contribution in [0.2, 0.25) is 0 Å². The molecule has 0 bridgehead atoms. The molecule has 1 aliphatic heterocycles. The summed E-state index contributed by atoms with van der Waals surface area (Å²) in [6.07, 6.45) is -0.0863. The van der Waals surface area contributed by atoms with E-state index in [0.29, 0.717) is 13.2 Å². The molecule has 1 aromatic carbocycles. The Morgan fingerprint density at radius 1 is 1.50 bits per heavy atom. The van der Waals surface area contributed by atoms with Crippen molar-refractivity contribution in [2.75, 3.05) is 32.8 Å². The van der Waals surface area contributed by atoms with E-state index in [1.165, 1.54) is 11.1 Å². The maximum atomic E-state index is 9.21. The lowest BCUT2D eigenvalue weighted by molar-refractivity contribution is -0.0643. The van der Waals surface area contributed by atoms with Gasteiger partial charge in [-0.2, -0.15) is 0 Å². The molecule has 0 radical (unpaired) electrons. The van der Waals surface area contributed by atoms with Crippen molar-refractivity contribution < 1.29 is 9.84 Å². The van der Waals surface area contributed by atoms with Crippen LogP contribution >= 0.6 is 0 Å². The number of rotatable bonds is 4. The van der Waals surface area contributed by atoms with Crippen molar-refractivity contribution in [3.8, 4) is 0 Å². The maximum Gasteiger partial charge on any atom is 0.0933 e. The minimum atomic E-state index is -0.0863. The average molecular weight is 250 g/mol. The highest BCUT2D eigenvalue weighted by Gasteiger charge is 2.26. The maximum absolute atomic E-state index is 9.21. The highest BCUT2D eigenvalue weighted by Crippen LogP contribution is 2.24. The third kappa shape index (κ3) is 2.90. The van der Waals surface area contributed by atoms with Gasteiger partial charge in [-0.05, 0) is 18.1 Å². The average Bonchev–Trinajstić information content (AvgIpc) is 2.42. The van der Waals surface area contributed by atoms with Crippen LogP contribution in [-0.2, 0) is 4.74 Å². The topological polar surface area (TPSA) is 58.7 Å². The van der Waals surface area contributed by atoms with Gasteiger partial charge in [-0.3, -0.25) is 4.90 Å². The van der Waals surface area contributed by atoms with Crippen molar-refractivity contribution in [3.63, 3.8) is 0 Å². The van der Waals surface area contributed by atoms with Crippen molar-refractivity contribution in [2.24, 2.45) is 5.73 Å². The van der Waals surface area contributed by atoms with Crippen molar-refractivity contribution in [1.82, 2.24) is 4.90 Å². The van der Waals surface area contributed by atoms with Crippen LogP contribution in [0.4, 0.5) is 0 Å². The first-order valence-corrected chi connectivity index (χ1v) is 6.48. The molecular weight excluding hydrogens is 228 g/mol. The summed E-state index contributed by atoms with van der Waals surface area (Å²) in [5, 5.41) is 9.21. The van der Waals surface area contributed by atoms with Crippen molar-refractivity contribution in [1.29, 1.82) is 0 Å². The fourth-order valence-electron chi connectivity index (χ4n) is 2.57. The second-order valence-corrected chi connectivity index (χ2v) is 4.78. The number of aryl methyl sites for hydroxylation is 1. The predicted octanol–water partition coefficient (Wildman–Crippen LogP) is 0.688. The lowest BCUT2D eigenvalue weighted by Crippen LogP contribution is -2.47. The van der Waals surface area contributed by atoms with Crippen LogP contribution in [0.1, 0.15) is 17.2 Å². The minimum absolute atomic E-state index is 0.0710. The Hall–Kier alpha value is -0.940. The summed E-state index contributed by atoms with van der Waals surface area (Å²) >= 11 is 0. The van der Waals surface area contributed by atoms with Crippen molar-refractivity contribution >= 4 is 0 Å². The highest BCUT2D eigenvalue weighted by molar-refractivity contribution is 5.29. The third-order valence-corrected chi connectivity index (χ3v) is 3.59. The normalized spacial score (nSPS) is 22.9. The van der Waals surface area contributed by atoms with Crippen LogP contribution in [0.3, 0.4) is 0 Å². The lowest BCUT2D eigenvalue weighted by atomic mass is 9.99. The van der Waals surface area contributed by atoms with Crippen LogP contribution in [0.25, 0.3) is 0 Å². The van der Waals surface area contributed by atoms with Gasteiger partial charge in [0, 0.05) is 25.7 Å². The van der Waals surface area contributed by atoms with E-state index in [2.05, 4.69) is 30.0 Å². The molecule has 1 fully saturated rings. The number of morpholine rings is 1. The highest BCUT2D eigenvalue weighted by atomic mass is 16.5. The summed E-state index contributed by atoms with van der Waals surface area (Å²) in [5.41, 5.74) is 8.49. The molecule has 3 N–H and O–H groups in total. The Bertz CT molecular complexity index is 384. The Labute approximate surface area is 108 Å². The molecule has 1 aliphatic rings. The van der Waals surface area contributed by atoms with Crippen molar-refractivity contribution in [3.05, 3.63) is 35.4 Å². The molecule has 2 unspecified atom stereocenters. The van der Waals surface area contributed by atoms with Crippen LogP contribution < -0.4 is 5.73 Å². The van der Waals surface area contributed by atoms with E-state index in [9.17, 15) is 5.11 Å². The lowest BCUT2D eigenvalue weighted by Gasteiger charge is -2.38. The molecule has 0 spiro atoms. The quantitative estimate of drug-likeness (QED) is 0.825. The summed E-state index contributed by atoms with van der Waals surface area (Å²) in [5.74, 6) is 0. The second kappa shape index (κ2) is 6.29. The number of benzene rings is 1. The van der Waals surface area contributed by atoms with Gasteiger partial charge in [0.25, 0.3) is 0 Å². The van der Waals surface area contributed by atoms with Crippen LogP contribution in [-0.4, -0.2) is 49.0 Å². The van der Waals surface area contributed by atoms with Gasteiger partial charge < -0.3 is 15.6 Å². The molecule has 1 saturated heterocycles. The molecule has 0 saturated carbocycles. The molecule has 4 nitrogen and oxygen atoms in total. The van der Waals surface area contributed by atoms with Gasteiger partial charge in [0.15, 0.2) is 0 Å². The van der Waals surface area contributed by atoms with E-state index in [1.54, 1.807) is 0 Å². The first-order chi connectivity index (χ1) is 8.76. The van der Waals surface area contributed by atoms with Crippen LogP contribution in [0.15, 0.2) is 24.3 Å². The molecular formula is C14H22N2O2. The second-order valence-electron chi connectivity index (χ2n) is 4.78. The smallest absolute Gasteiger partial charge is 0.0933 e. The third-order valence-electron chi connectivity index (χ3n) is 3.59. The molecule has 0 aliphatic carbocycles. The Morgan fingerprint density at radius 3 is 2.94 bits per heavy atom. The zero-order chi connectivity index (χ0) is 13.0. The SMILES string of the molecule is Cc1ccccc1C(CN)N1CCOC(CO)C1. The standard InChI is InChI=1S/C14H22N2O2/c1-11-4-2-3-5-13(11)14(8-15)16-6-7-18-12(9-16)10-17/h2-5,12,14,17H,6-10,15H2,1H3. The van der Waals surface area contributed by atoms with E-state index in [1.807, 2.05) is 6.07 Å². The monoisotopic (exact) mass is 250 g/mol. The number of aliphatic hydroxyl groups is 1. The number of ether oxygens (including phenoxy) is 1. The summed E-state index contributed by atoms with van der Waals surface area (Å²) in [4.78, 5) is 2.31. The molecule has 18 heavy (non-hydrogen) atoms. The van der Waals surface area contributed by atoms with Gasteiger partial charge >= 0.3 is 0 Å². The fraction of sp³-hybridized carbons (Fsp3) is 0.571. The van der Waals surface area contributed by atoms with Crippen molar-refractivity contribution in [2.45, 2.75) is 19.1 Å². The Balaban J connectivity index is 2.15. The molecule has 4 heteroatoms. The van der Waals surface area contributed by atoms with Gasteiger partial charge in [0.2, 0.25) is 0 Å². The van der Waals surface area contributed by atoms with Crippen LogP contribution in [0, 0.1) is 6.92 Å². The zero-order valence-electron chi connectivity index (χ0n) is 10.9. The molecule has 0 aromatic heterocycles. The number of nitrogens with zero attached hydrogens (tertiary/aromatic N) is 1. The van der Waals surface area contributed by atoms with E-state index in [-0.39, 0.29) is 18.8 Å². The van der Waals surface area contributed by atoms with E-state index in [0.717, 1.165) is 13.1 Å². The molecule has 1 aromatic rings. The van der Waals surface area contributed by atoms with E-state index < -0.39 is 0 Å². The van der Waals surface area contributed by atoms with E-state index in [4.69, 9.17) is 10.5 Å². The van der Waals surface area contributed by atoms with Gasteiger partial charge in [-0.1, -0.05) is 24.3 Å². The molecule has 2 rings (SSSR count). The first-order valence-electron chi connectivity index (χ1n) is 6.48. The zero-order valence-corrected chi connectivity index (χ0v) is 10.9. The predicted molar refractivity (Wildman–Crippen MR) is 71.4 cm³/mol. The minimum Gasteiger partial charge on any atom is -0.394 e. The molecule has 0 amide bonds. The number of hydrogen-bond acceptors (Lipinski definition) is 4. The van der Waals surface area contributed by atoms with Gasteiger partial charge in [0.05, 0.1) is 19.3 Å². The van der Waals surface area contributed by atoms with E-state index >= 15 is 0 Å². The molecule has 1 heterocycles. The number of aliphatic hydroxyl groups excluding tert-OH is 1. The van der Waals surface area contributed by atoms with Gasteiger partial charge in [-0.25, -0.2) is 0 Å².